The van der Waals surface area contributed by atoms with Crippen LogP contribution in [0.25, 0.3) is 0 Å². The predicted octanol–water partition coefficient (Wildman–Crippen LogP) is 1.28. The Bertz CT molecular complexity index is 570. The quantitative estimate of drug-likeness (QED) is 0.906. The average molecular weight is 313 g/mol. The standard InChI is InChI=1S/C14H23N3O3S/c1-11-9-13(16-20-11)10-21(18,19)17-7-4-12(5-8-17)14-3-2-6-15-14/h9,12,14-15H,2-8,10H2,1H3. The van der Waals surface area contributed by atoms with E-state index >= 15 is 0 Å². The van der Waals surface area contributed by atoms with Gasteiger partial charge in [-0.25, -0.2) is 12.7 Å². The summed E-state index contributed by atoms with van der Waals surface area (Å²) < 4.78 is 31.4. The van der Waals surface area contributed by atoms with Crippen molar-refractivity contribution in [1.29, 1.82) is 0 Å². The topological polar surface area (TPSA) is 75.4 Å². The van der Waals surface area contributed by atoms with Crippen molar-refractivity contribution in [3.05, 3.63) is 17.5 Å². The van der Waals surface area contributed by atoms with Gasteiger partial charge in [-0.1, -0.05) is 5.16 Å². The zero-order chi connectivity index (χ0) is 14.9. The van der Waals surface area contributed by atoms with Crippen LogP contribution in [0, 0.1) is 12.8 Å². The van der Waals surface area contributed by atoms with Crippen molar-refractivity contribution in [1.82, 2.24) is 14.8 Å². The van der Waals surface area contributed by atoms with Crippen LogP contribution < -0.4 is 5.32 Å². The van der Waals surface area contributed by atoms with Gasteiger partial charge in [-0.3, -0.25) is 0 Å². The molecule has 2 aliphatic rings. The van der Waals surface area contributed by atoms with Gasteiger partial charge < -0.3 is 9.84 Å². The fourth-order valence-corrected chi connectivity index (χ4v) is 4.89. The van der Waals surface area contributed by atoms with Crippen LogP contribution in [0.1, 0.15) is 37.1 Å². The van der Waals surface area contributed by atoms with Crippen LogP contribution in [-0.2, 0) is 15.8 Å². The molecule has 1 N–H and O–H groups in total. The zero-order valence-electron chi connectivity index (χ0n) is 12.4. The summed E-state index contributed by atoms with van der Waals surface area (Å²) in [7, 11) is -3.28. The Morgan fingerprint density at radius 3 is 2.71 bits per heavy atom. The number of sulfonamides is 1. The molecule has 1 aromatic heterocycles. The minimum Gasteiger partial charge on any atom is -0.361 e. The summed E-state index contributed by atoms with van der Waals surface area (Å²) in [4.78, 5) is 0. The maximum absolute atomic E-state index is 12.4. The van der Waals surface area contributed by atoms with Gasteiger partial charge in [0, 0.05) is 25.2 Å². The number of hydrogen-bond donors (Lipinski definition) is 1. The van der Waals surface area contributed by atoms with Crippen molar-refractivity contribution in [3.63, 3.8) is 0 Å². The first-order valence-corrected chi connectivity index (χ1v) is 9.29. The molecule has 3 heterocycles. The molecule has 3 rings (SSSR count). The number of aryl methyl sites for hydroxylation is 1. The molecule has 1 atom stereocenters. The highest BCUT2D eigenvalue weighted by Crippen LogP contribution is 2.27. The van der Waals surface area contributed by atoms with Crippen LogP contribution in [0.4, 0.5) is 0 Å². The molecule has 118 valence electrons. The van der Waals surface area contributed by atoms with E-state index in [2.05, 4.69) is 10.5 Å². The number of nitrogens with zero attached hydrogens (tertiary/aromatic N) is 2. The summed E-state index contributed by atoms with van der Waals surface area (Å²) >= 11 is 0. The molecule has 2 fully saturated rings. The largest absolute Gasteiger partial charge is 0.361 e. The Kier molecular flexibility index (Phi) is 4.33. The van der Waals surface area contributed by atoms with Crippen molar-refractivity contribution >= 4 is 10.0 Å². The SMILES string of the molecule is Cc1cc(CS(=O)(=O)N2CCC(C3CCCN3)CC2)no1. The highest BCUT2D eigenvalue weighted by atomic mass is 32.2. The van der Waals surface area contributed by atoms with Gasteiger partial charge >= 0.3 is 0 Å². The number of piperidine rings is 1. The van der Waals surface area contributed by atoms with E-state index in [4.69, 9.17) is 4.52 Å². The lowest BCUT2D eigenvalue weighted by Crippen LogP contribution is -2.43. The van der Waals surface area contributed by atoms with Gasteiger partial charge in [0.15, 0.2) is 0 Å². The van der Waals surface area contributed by atoms with Gasteiger partial charge in [0.25, 0.3) is 0 Å². The molecule has 2 aliphatic heterocycles. The Morgan fingerprint density at radius 1 is 1.38 bits per heavy atom. The van der Waals surface area contributed by atoms with Crippen molar-refractivity contribution in [2.75, 3.05) is 19.6 Å². The number of hydrogen-bond acceptors (Lipinski definition) is 5. The second kappa shape index (κ2) is 6.06. The Morgan fingerprint density at radius 2 is 2.14 bits per heavy atom. The van der Waals surface area contributed by atoms with Crippen LogP contribution in [-0.4, -0.2) is 43.6 Å². The number of aromatic nitrogens is 1. The highest BCUT2D eigenvalue weighted by Gasteiger charge is 2.33. The van der Waals surface area contributed by atoms with Gasteiger partial charge in [0.2, 0.25) is 10.0 Å². The normalized spacial score (nSPS) is 25.5. The molecule has 6 nitrogen and oxygen atoms in total. The molecule has 7 heteroatoms. The smallest absolute Gasteiger partial charge is 0.219 e. The highest BCUT2D eigenvalue weighted by molar-refractivity contribution is 7.88. The molecule has 0 spiro atoms. The lowest BCUT2D eigenvalue weighted by Gasteiger charge is -2.34. The summed E-state index contributed by atoms with van der Waals surface area (Å²) in [5.74, 6) is 1.20. The first-order chi connectivity index (χ1) is 10.0. The summed E-state index contributed by atoms with van der Waals surface area (Å²) in [5, 5.41) is 7.32. The molecule has 0 saturated carbocycles. The molecule has 0 aromatic carbocycles. The Labute approximate surface area is 125 Å². The lowest BCUT2D eigenvalue weighted by atomic mass is 9.89. The van der Waals surface area contributed by atoms with Crippen LogP contribution in [0.5, 0.6) is 0 Å². The number of rotatable bonds is 4. The van der Waals surface area contributed by atoms with Crippen LogP contribution in [0.15, 0.2) is 10.6 Å². The Balaban J connectivity index is 1.57. The first-order valence-electron chi connectivity index (χ1n) is 7.68. The predicted molar refractivity (Wildman–Crippen MR) is 79.2 cm³/mol. The maximum atomic E-state index is 12.4. The first kappa shape index (κ1) is 15.0. The second-order valence-corrected chi connectivity index (χ2v) is 8.09. The van der Waals surface area contributed by atoms with Gasteiger partial charge in [0.1, 0.15) is 17.2 Å². The zero-order valence-corrected chi connectivity index (χ0v) is 13.2. The minimum atomic E-state index is -3.28. The molecular weight excluding hydrogens is 290 g/mol. The van der Waals surface area contributed by atoms with E-state index in [-0.39, 0.29) is 5.75 Å². The molecule has 0 bridgehead atoms. The van der Waals surface area contributed by atoms with Crippen LogP contribution in [0.3, 0.4) is 0 Å². The van der Waals surface area contributed by atoms with Gasteiger partial charge in [-0.05, 0) is 45.1 Å². The van der Waals surface area contributed by atoms with E-state index in [1.807, 2.05) is 0 Å². The monoisotopic (exact) mass is 313 g/mol. The molecule has 1 aromatic rings. The molecule has 0 aliphatic carbocycles. The van der Waals surface area contributed by atoms with Crippen molar-refractivity contribution in [3.8, 4) is 0 Å². The fourth-order valence-electron chi connectivity index (χ4n) is 3.43. The summed E-state index contributed by atoms with van der Waals surface area (Å²) in [6.45, 7) is 4.13. The molecule has 2 saturated heterocycles. The van der Waals surface area contributed by atoms with Crippen molar-refractivity contribution in [2.45, 2.75) is 44.4 Å². The van der Waals surface area contributed by atoms with Gasteiger partial charge in [0.05, 0.1) is 0 Å². The maximum Gasteiger partial charge on any atom is 0.219 e. The third-order valence-corrected chi connectivity index (χ3v) is 6.38. The van der Waals surface area contributed by atoms with E-state index in [1.54, 1.807) is 17.3 Å². The summed E-state index contributed by atoms with van der Waals surface area (Å²) in [6.07, 6.45) is 4.38. The number of nitrogens with one attached hydrogen (secondary N) is 1. The van der Waals surface area contributed by atoms with E-state index in [0.717, 1.165) is 19.4 Å². The van der Waals surface area contributed by atoms with Crippen LogP contribution >= 0.6 is 0 Å². The van der Waals surface area contributed by atoms with Crippen molar-refractivity contribution < 1.29 is 12.9 Å². The van der Waals surface area contributed by atoms with Crippen molar-refractivity contribution in [2.24, 2.45) is 5.92 Å². The average Bonchev–Trinajstić information content (AvgIpc) is 3.10. The molecule has 1 unspecified atom stereocenters. The molecular formula is C14H23N3O3S. The third kappa shape index (κ3) is 3.46. The Hall–Kier alpha value is -0.920. The van der Waals surface area contributed by atoms with E-state index in [9.17, 15) is 8.42 Å². The lowest BCUT2D eigenvalue weighted by molar-refractivity contribution is 0.233. The fraction of sp³-hybridized carbons (Fsp3) is 0.786. The summed E-state index contributed by atoms with van der Waals surface area (Å²) in [5.41, 5.74) is 0.493. The minimum absolute atomic E-state index is 0.0588. The van der Waals surface area contributed by atoms with Gasteiger partial charge in [-0.2, -0.15) is 0 Å². The molecule has 0 amide bonds. The van der Waals surface area contributed by atoms with E-state index < -0.39 is 10.0 Å². The second-order valence-electron chi connectivity index (χ2n) is 6.12. The molecule has 0 radical (unpaired) electrons. The van der Waals surface area contributed by atoms with Gasteiger partial charge in [-0.15, -0.1) is 0 Å². The van der Waals surface area contributed by atoms with E-state index in [1.165, 1.54) is 12.8 Å². The molecule has 21 heavy (non-hydrogen) atoms. The third-order valence-electron chi connectivity index (χ3n) is 4.57. The van der Waals surface area contributed by atoms with E-state index in [0.29, 0.717) is 36.5 Å². The van der Waals surface area contributed by atoms with Crippen LogP contribution in [0.2, 0.25) is 0 Å². The summed E-state index contributed by atoms with van der Waals surface area (Å²) in [6, 6.07) is 2.28.